The van der Waals surface area contributed by atoms with Gasteiger partial charge >= 0.3 is 27.6 Å². The number of aliphatic hydroxyl groups is 4. The molecule has 0 aromatic heterocycles. The number of ether oxygens (including phenoxy) is 3. The van der Waals surface area contributed by atoms with Gasteiger partial charge in [-0.05, 0) is 38.0 Å². The molecule has 1 aliphatic rings. The molecule has 1 rings (SSSR count). The monoisotopic (exact) mass is 874 g/mol. The summed E-state index contributed by atoms with van der Waals surface area (Å²) in [4.78, 5) is 52.7. The highest BCUT2D eigenvalue weighted by Gasteiger charge is 2.35. The van der Waals surface area contributed by atoms with Gasteiger partial charge in [-0.1, -0.05) is 109 Å². The van der Waals surface area contributed by atoms with E-state index in [9.17, 15) is 44.0 Å². The Hall–Kier alpha value is -1.56. The average Bonchev–Trinajstić information content (AvgIpc) is 3.14. The molecule has 8 atom stereocenters. The predicted molar refractivity (Wildman–Crippen MR) is 215 cm³/mol. The predicted octanol–water partition coefficient (Wildman–Crippen LogP) is 5.91. The van der Waals surface area contributed by atoms with Crippen LogP contribution in [0.15, 0.2) is 24.3 Å². The van der Waals surface area contributed by atoms with E-state index in [1.54, 1.807) is 12.2 Å². The minimum atomic E-state index is -4.89. The van der Waals surface area contributed by atoms with Crippen LogP contribution in [0.25, 0.3) is 0 Å². The lowest BCUT2D eigenvalue weighted by Gasteiger charge is -2.36. The molecule has 340 valence electrons. The van der Waals surface area contributed by atoms with Gasteiger partial charge < -0.3 is 49.3 Å². The second-order valence-electron chi connectivity index (χ2n) is 15.3. The lowest BCUT2D eigenvalue weighted by atomic mass is 9.87. The van der Waals surface area contributed by atoms with E-state index >= 15 is 0 Å². The molecule has 0 spiro atoms. The van der Waals surface area contributed by atoms with Crippen molar-refractivity contribution in [1.82, 2.24) is 0 Å². The number of unbranched alkanes of at least 4 members (excludes halogenated alkanes) is 9. The fourth-order valence-corrected chi connectivity index (χ4v) is 7.20. The number of esters is 2. The minimum Gasteiger partial charge on any atom is -0.462 e. The first-order valence-corrected chi connectivity index (χ1v) is 23.8. The van der Waals surface area contributed by atoms with Gasteiger partial charge in [0.1, 0.15) is 12.7 Å². The maximum absolute atomic E-state index is 12.6. The third-order valence-corrected chi connectivity index (χ3v) is 10.7. The van der Waals surface area contributed by atoms with Gasteiger partial charge in [-0.2, -0.15) is 0 Å². The SMILES string of the molecule is CCCCC[C@H](O)/C=C/[C@H]1OC(O)C[C@H](O)[C@@H]1C/C=C\CCCC(=O)OC[C@H](COP(=O)(O)OC[C@@H](O)COP(=O)(O)O)OC(=O)CCCCCCCCCC(C)C. The van der Waals surface area contributed by atoms with Crippen molar-refractivity contribution in [3.8, 4) is 0 Å². The van der Waals surface area contributed by atoms with Crippen LogP contribution in [0.3, 0.4) is 0 Å². The fraction of sp³-hybridized carbons (Fsp3) is 0.846. The van der Waals surface area contributed by atoms with Crippen molar-refractivity contribution in [3.05, 3.63) is 24.3 Å². The summed E-state index contributed by atoms with van der Waals surface area (Å²) in [5, 5.41) is 40.6. The Labute approximate surface area is 344 Å². The van der Waals surface area contributed by atoms with Crippen molar-refractivity contribution < 1.29 is 81.6 Å². The molecule has 0 radical (unpaired) electrons. The summed E-state index contributed by atoms with van der Waals surface area (Å²) >= 11 is 0. The van der Waals surface area contributed by atoms with Crippen molar-refractivity contribution in [2.75, 3.05) is 26.4 Å². The zero-order chi connectivity index (χ0) is 43.4. The van der Waals surface area contributed by atoms with E-state index < -0.39 is 90.8 Å². The Kier molecular flexibility index (Phi) is 29.4. The Morgan fingerprint density at radius 3 is 2.07 bits per heavy atom. The normalized spacial score (nSPS) is 21.6. The van der Waals surface area contributed by atoms with Crippen molar-refractivity contribution >= 4 is 27.6 Å². The minimum absolute atomic E-state index is 0.00213. The summed E-state index contributed by atoms with van der Waals surface area (Å²) in [5.41, 5.74) is 0. The molecule has 1 aliphatic heterocycles. The summed E-state index contributed by atoms with van der Waals surface area (Å²) < 4.78 is 53.3. The summed E-state index contributed by atoms with van der Waals surface area (Å²) in [5.74, 6) is -0.889. The molecule has 19 heteroatoms. The molecule has 0 aromatic carbocycles. The molecule has 0 aliphatic carbocycles. The topological polar surface area (TPSA) is 265 Å². The lowest BCUT2D eigenvalue weighted by molar-refractivity contribution is -0.199. The van der Waals surface area contributed by atoms with Crippen LogP contribution in [0.2, 0.25) is 0 Å². The van der Waals surface area contributed by atoms with Gasteiger partial charge in [-0.15, -0.1) is 0 Å². The van der Waals surface area contributed by atoms with E-state index in [1.807, 2.05) is 12.2 Å². The highest BCUT2D eigenvalue weighted by atomic mass is 31.2. The second-order valence-corrected chi connectivity index (χ2v) is 18.0. The van der Waals surface area contributed by atoms with E-state index in [0.29, 0.717) is 38.0 Å². The maximum Gasteiger partial charge on any atom is 0.472 e. The van der Waals surface area contributed by atoms with Gasteiger partial charge in [0.05, 0.1) is 38.1 Å². The molecular formula is C39H72O17P2. The van der Waals surface area contributed by atoms with E-state index in [4.69, 9.17) is 28.5 Å². The standard InChI is InChI=1S/C39H72O17P2/c1-4-5-13-19-31(40)23-24-36-34(35(42)25-39(45)56-36)20-15-11-12-16-21-37(43)51-28-33(29-54-58(49,50)53-27-32(41)26-52-57(46,47)48)55-38(44)22-17-10-8-6-7-9-14-18-30(2)3/h11,15,23-24,30-36,39-42,45H,4-10,12-14,16-22,25-29H2,1-3H3,(H,49,50)(H2,46,47,48)/b15-11-,24-23+/t31-,32-,33+,34-,35-,36+,39?/m0/s1. The van der Waals surface area contributed by atoms with Crippen molar-refractivity contribution in [1.29, 1.82) is 0 Å². The van der Waals surface area contributed by atoms with Crippen LogP contribution in [0.4, 0.5) is 0 Å². The zero-order valence-corrected chi connectivity index (χ0v) is 36.4. The van der Waals surface area contributed by atoms with Crippen molar-refractivity contribution in [3.63, 3.8) is 0 Å². The molecule has 0 aromatic rings. The number of hydrogen-bond donors (Lipinski definition) is 7. The number of rotatable bonds is 34. The number of carbonyl (C=O) groups is 2. The number of phosphoric acid groups is 2. The molecule has 0 saturated carbocycles. The maximum atomic E-state index is 12.6. The fourth-order valence-electron chi connectivity index (χ4n) is 6.04. The Balaban J connectivity index is 2.63. The van der Waals surface area contributed by atoms with Gasteiger partial charge in [-0.3, -0.25) is 23.2 Å². The third-order valence-electron chi connectivity index (χ3n) is 9.31. The van der Waals surface area contributed by atoms with Crippen LogP contribution in [-0.4, -0.2) is 110 Å². The molecular weight excluding hydrogens is 802 g/mol. The molecule has 58 heavy (non-hydrogen) atoms. The van der Waals surface area contributed by atoms with Gasteiger partial charge in [0.2, 0.25) is 0 Å². The van der Waals surface area contributed by atoms with Gasteiger partial charge in [-0.25, -0.2) is 9.13 Å². The number of carbonyl (C=O) groups excluding carboxylic acids is 2. The first-order chi connectivity index (χ1) is 27.4. The van der Waals surface area contributed by atoms with Gasteiger partial charge in [0.25, 0.3) is 0 Å². The van der Waals surface area contributed by atoms with Gasteiger partial charge in [0.15, 0.2) is 12.4 Å². The molecule has 1 saturated heterocycles. The number of aliphatic hydroxyl groups excluding tert-OH is 4. The molecule has 1 heterocycles. The van der Waals surface area contributed by atoms with Gasteiger partial charge in [0, 0.05) is 25.2 Å². The zero-order valence-electron chi connectivity index (χ0n) is 34.6. The van der Waals surface area contributed by atoms with Crippen LogP contribution in [0.5, 0.6) is 0 Å². The van der Waals surface area contributed by atoms with E-state index in [-0.39, 0.29) is 25.2 Å². The molecule has 17 nitrogen and oxygen atoms in total. The Morgan fingerprint density at radius 2 is 1.40 bits per heavy atom. The number of hydrogen-bond acceptors (Lipinski definition) is 14. The average molecular weight is 875 g/mol. The quantitative estimate of drug-likeness (QED) is 0.0171. The number of allylic oxidation sites excluding steroid dienone is 2. The van der Waals surface area contributed by atoms with Crippen LogP contribution >= 0.6 is 15.6 Å². The van der Waals surface area contributed by atoms with Crippen LogP contribution in [0, 0.1) is 11.8 Å². The molecule has 2 unspecified atom stereocenters. The molecule has 0 bridgehead atoms. The Bertz CT molecular complexity index is 1260. The summed E-state index contributed by atoms with van der Waals surface area (Å²) in [6.45, 7) is 3.54. The first kappa shape index (κ1) is 54.5. The summed E-state index contributed by atoms with van der Waals surface area (Å²) in [6, 6.07) is 0. The van der Waals surface area contributed by atoms with Crippen LogP contribution < -0.4 is 0 Å². The Morgan fingerprint density at radius 1 is 0.776 bits per heavy atom. The van der Waals surface area contributed by atoms with Crippen molar-refractivity contribution in [2.45, 2.75) is 173 Å². The molecule has 0 amide bonds. The van der Waals surface area contributed by atoms with Crippen LogP contribution in [-0.2, 0) is 46.5 Å². The molecule has 7 N–H and O–H groups in total. The first-order valence-electron chi connectivity index (χ1n) is 20.8. The highest BCUT2D eigenvalue weighted by Crippen LogP contribution is 2.44. The van der Waals surface area contributed by atoms with E-state index in [0.717, 1.165) is 44.9 Å². The van der Waals surface area contributed by atoms with E-state index in [1.165, 1.54) is 19.3 Å². The lowest BCUT2D eigenvalue weighted by Crippen LogP contribution is -2.43. The largest absolute Gasteiger partial charge is 0.472 e. The third kappa shape index (κ3) is 29.6. The summed E-state index contributed by atoms with van der Waals surface area (Å²) in [7, 11) is -9.76. The summed E-state index contributed by atoms with van der Waals surface area (Å²) in [6.07, 6.45) is 14.1. The van der Waals surface area contributed by atoms with E-state index in [2.05, 4.69) is 29.8 Å². The number of phosphoric ester groups is 2. The van der Waals surface area contributed by atoms with Crippen LogP contribution in [0.1, 0.15) is 136 Å². The molecule has 1 fully saturated rings. The second kappa shape index (κ2) is 31.3. The van der Waals surface area contributed by atoms with Crippen molar-refractivity contribution in [2.24, 2.45) is 11.8 Å². The smallest absolute Gasteiger partial charge is 0.462 e. The highest BCUT2D eigenvalue weighted by molar-refractivity contribution is 7.47.